The summed E-state index contributed by atoms with van der Waals surface area (Å²) in [6.07, 6.45) is 3.57. The first kappa shape index (κ1) is 24.7. The summed E-state index contributed by atoms with van der Waals surface area (Å²) in [4.78, 5) is 12.7. The summed E-state index contributed by atoms with van der Waals surface area (Å²) in [5.41, 5.74) is 9.67. The molecule has 1 fully saturated rings. The summed E-state index contributed by atoms with van der Waals surface area (Å²) in [6, 6.07) is 22.9. The van der Waals surface area contributed by atoms with Crippen molar-refractivity contribution in [2.75, 3.05) is 5.32 Å². The molecule has 1 amide bonds. The zero-order chi connectivity index (χ0) is 23.9. The van der Waals surface area contributed by atoms with Crippen LogP contribution in [0.2, 0.25) is 0 Å². The van der Waals surface area contributed by atoms with Crippen LogP contribution in [-0.4, -0.2) is 11.2 Å². The van der Waals surface area contributed by atoms with Gasteiger partial charge in [0.1, 0.15) is 17.5 Å². The third kappa shape index (κ3) is 4.83. The quantitative estimate of drug-likeness (QED) is 0.335. The molecule has 0 aliphatic heterocycles. The molecule has 4 aromatic rings. The van der Waals surface area contributed by atoms with Gasteiger partial charge in [-0.3, -0.25) is 5.32 Å². The topological polar surface area (TPSA) is 64.4 Å². The number of anilines is 1. The van der Waals surface area contributed by atoms with E-state index in [0.29, 0.717) is 17.1 Å². The summed E-state index contributed by atoms with van der Waals surface area (Å²) in [6.45, 7) is 3.66. The summed E-state index contributed by atoms with van der Waals surface area (Å²) < 4.78 is 11.3. The number of fused-ring (bicyclic) bond motifs is 3. The Hall–Kier alpha value is -2.99. The Labute approximate surface area is 233 Å². The van der Waals surface area contributed by atoms with Crippen molar-refractivity contribution in [3.63, 3.8) is 0 Å². The Bertz CT molecular complexity index is 1410. The van der Waals surface area contributed by atoms with E-state index in [1.165, 1.54) is 40.7 Å². The Balaban J connectivity index is 0.00000267. The summed E-state index contributed by atoms with van der Waals surface area (Å²) in [5.74, 6) is 2.12. The van der Waals surface area contributed by atoms with Crippen molar-refractivity contribution in [2.24, 2.45) is 0 Å². The molecule has 0 spiro atoms. The molecule has 2 aliphatic rings. The van der Waals surface area contributed by atoms with E-state index in [-0.39, 0.29) is 35.7 Å². The van der Waals surface area contributed by atoms with Crippen molar-refractivity contribution in [1.29, 1.82) is 0 Å². The molecular formula is C30H27N2NaO3. The second-order valence-electron chi connectivity index (χ2n) is 9.40. The fourth-order valence-electron chi connectivity index (χ4n) is 4.91. The van der Waals surface area contributed by atoms with Crippen LogP contribution in [-0.2, 0) is 17.6 Å². The maximum Gasteiger partial charge on any atom is 1.00 e. The Kier molecular flexibility index (Phi) is 6.98. The molecule has 0 radical (unpaired) electrons. The number of carbonyl (C=O) groups is 1. The van der Waals surface area contributed by atoms with Gasteiger partial charge in [-0.2, -0.15) is 23.6 Å². The first-order valence-electron chi connectivity index (χ1n) is 12.2. The molecule has 0 unspecified atom stereocenters. The van der Waals surface area contributed by atoms with E-state index in [2.05, 4.69) is 40.8 Å². The van der Waals surface area contributed by atoms with Gasteiger partial charge in [-0.15, -0.1) is 6.07 Å². The van der Waals surface area contributed by atoms with Crippen LogP contribution in [0.1, 0.15) is 53.8 Å². The van der Waals surface area contributed by atoms with Gasteiger partial charge in [0.15, 0.2) is 5.76 Å². The zero-order valence-electron chi connectivity index (χ0n) is 20.9. The zero-order valence-corrected chi connectivity index (χ0v) is 22.9. The summed E-state index contributed by atoms with van der Waals surface area (Å²) >= 11 is 0. The number of hydrogen-bond acceptors (Lipinski definition) is 4. The molecule has 6 heteroatoms. The van der Waals surface area contributed by atoms with E-state index in [0.717, 1.165) is 24.0 Å². The van der Waals surface area contributed by atoms with Gasteiger partial charge in [0.05, 0.1) is 0 Å². The average Bonchev–Trinajstić information content (AvgIpc) is 3.68. The molecule has 0 saturated heterocycles. The number of aryl methyl sites for hydroxylation is 3. The molecule has 1 N–H and O–H groups in total. The molecule has 0 bridgehead atoms. The second kappa shape index (κ2) is 10.2. The number of rotatable bonds is 5. The van der Waals surface area contributed by atoms with Crippen molar-refractivity contribution in [1.82, 2.24) is 5.16 Å². The molecular weight excluding hydrogens is 459 g/mol. The molecule has 1 heterocycles. The molecule has 5 nitrogen and oxygen atoms in total. The first-order valence-corrected chi connectivity index (χ1v) is 12.2. The Morgan fingerprint density at radius 3 is 2.42 bits per heavy atom. The third-order valence-electron chi connectivity index (χ3n) is 6.98. The Morgan fingerprint density at radius 1 is 1.00 bits per heavy atom. The van der Waals surface area contributed by atoms with Crippen molar-refractivity contribution in [3.8, 4) is 22.5 Å². The minimum Gasteiger partial charge on any atom is -0.441 e. The van der Waals surface area contributed by atoms with E-state index in [1.54, 1.807) is 5.92 Å². The van der Waals surface area contributed by atoms with Gasteiger partial charge in [-0.1, -0.05) is 66.0 Å². The number of benzene rings is 3. The summed E-state index contributed by atoms with van der Waals surface area (Å²) in [7, 11) is 0. The number of nitrogens with one attached hydrogen (secondary N) is 1. The van der Waals surface area contributed by atoms with E-state index in [4.69, 9.17) is 9.26 Å². The molecule has 1 aromatic heterocycles. The average molecular weight is 487 g/mol. The minimum absolute atomic E-state index is 0. The standard InChI is InChI=1S/C30H27N2O3.Na/c1-18-28(31-30(33)34-19(2)20-6-4-3-5-7-20)29(35-32-18)25-13-15-27-24(17-25)11-10-23-16-22(21-8-9-21)12-14-26(23)27;/h3-7,12-17,19H,8-11H2,1-2H3,(H,31,33);/q-1;+1/t19-;/m1./s1. The maximum absolute atomic E-state index is 12.7. The van der Waals surface area contributed by atoms with Crippen LogP contribution < -0.4 is 34.9 Å². The van der Waals surface area contributed by atoms with Crippen molar-refractivity contribution in [3.05, 3.63) is 101 Å². The molecule has 3 aromatic carbocycles. The third-order valence-corrected chi connectivity index (χ3v) is 6.98. The van der Waals surface area contributed by atoms with Crippen LogP contribution >= 0.6 is 0 Å². The smallest absolute Gasteiger partial charge is 0.441 e. The van der Waals surface area contributed by atoms with E-state index in [9.17, 15) is 4.79 Å². The molecule has 176 valence electrons. The fraction of sp³-hybridized carbons (Fsp3) is 0.233. The van der Waals surface area contributed by atoms with Crippen LogP contribution in [0.4, 0.5) is 10.5 Å². The molecule has 6 rings (SSSR count). The predicted octanol–water partition coefficient (Wildman–Crippen LogP) is 4.45. The van der Waals surface area contributed by atoms with Gasteiger partial charge in [0.25, 0.3) is 0 Å². The van der Waals surface area contributed by atoms with Crippen molar-refractivity contribution < 1.29 is 43.6 Å². The van der Waals surface area contributed by atoms with Gasteiger partial charge in [0, 0.05) is 5.56 Å². The SMILES string of the molecule is Cc1noc(-c2ccc3c(c2)CCc2cc([C-]4CC4)ccc2-3)c1NC(=O)O[C@H](C)c1ccccc1.[Na+]. The van der Waals surface area contributed by atoms with Gasteiger partial charge < -0.3 is 9.26 Å². The largest absolute Gasteiger partial charge is 1.00 e. The fourth-order valence-corrected chi connectivity index (χ4v) is 4.91. The van der Waals surface area contributed by atoms with Gasteiger partial charge >= 0.3 is 35.7 Å². The maximum atomic E-state index is 12.7. The van der Waals surface area contributed by atoms with Crippen LogP contribution in [0.5, 0.6) is 0 Å². The molecule has 36 heavy (non-hydrogen) atoms. The van der Waals surface area contributed by atoms with Crippen molar-refractivity contribution in [2.45, 2.75) is 45.6 Å². The molecule has 2 aliphatic carbocycles. The number of aromatic nitrogens is 1. The summed E-state index contributed by atoms with van der Waals surface area (Å²) in [5, 5.41) is 6.97. The predicted molar refractivity (Wildman–Crippen MR) is 136 cm³/mol. The second-order valence-corrected chi connectivity index (χ2v) is 9.40. The van der Waals surface area contributed by atoms with Crippen LogP contribution in [0.15, 0.2) is 71.3 Å². The van der Waals surface area contributed by atoms with Gasteiger partial charge in [-0.25, -0.2) is 4.79 Å². The van der Waals surface area contributed by atoms with Crippen molar-refractivity contribution >= 4 is 11.8 Å². The number of carbonyl (C=O) groups excluding carboxylic acids is 1. The number of amides is 1. The minimum atomic E-state index is -0.537. The van der Waals surface area contributed by atoms with Crippen LogP contribution in [0.25, 0.3) is 22.5 Å². The van der Waals surface area contributed by atoms with Gasteiger partial charge in [0.2, 0.25) is 0 Å². The van der Waals surface area contributed by atoms with Gasteiger partial charge in [-0.05, 0) is 55.0 Å². The Morgan fingerprint density at radius 2 is 1.69 bits per heavy atom. The monoisotopic (exact) mass is 486 g/mol. The number of ether oxygens (including phenoxy) is 1. The van der Waals surface area contributed by atoms with E-state index >= 15 is 0 Å². The van der Waals surface area contributed by atoms with E-state index < -0.39 is 6.09 Å². The number of nitrogens with zero attached hydrogens (tertiary/aromatic N) is 1. The van der Waals surface area contributed by atoms with Crippen LogP contribution in [0, 0.1) is 12.8 Å². The molecule has 1 atom stereocenters. The first-order chi connectivity index (χ1) is 17.1. The van der Waals surface area contributed by atoms with E-state index in [1.807, 2.05) is 50.2 Å². The number of hydrogen-bond donors (Lipinski definition) is 1. The van der Waals surface area contributed by atoms with Crippen LogP contribution in [0.3, 0.4) is 0 Å². The molecule has 1 saturated carbocycles. The normalized spacial score (nSPS) is 14.2.